The Morgan fingerprint density at radius 2 is 1.62 bits per heavy atom. The van der Waals surface area contributed by atoms with Gasteiger partial charge in [0.15, 0.2) is 0 Å². The summed E-state index contributed by atoms with van der Waals surface area (Å²) in [7, 11) is 0. The van der Waals surface area contributed by atoms with Crippen LogP contribution in [-0.4, -0.2) is 53.5 Å². The Bertz CT molecular complexity index is 429. The maximum Gasteiger partial charge on any atom is 0.404 e. The molecule has 21 heavy (non-hydrogen) atoms. The van der Waals surface area contributed by atoms with Crippen molar-refractivity contribution in [2.45, 2.75) is 25.7 Å². The van der Waals surface area contributed by atoms with Crippen molar-refractivity contribution < 1.29 is 24.3 Å². The molecule has 3 N–H and O–H groups in total. The standard InChI is InChI=1S/C13H19N3O5/c17-10(14-7-8-15-13(20)21)4-2-1-3-9-16-11(18)5-6-12(16)19/h5-6,15H,1-4,7-9H2,(H,14,17)(H,20,21). The summed E-state index contributed by atoms with van der Waals surface area (Å²) in [6, 6.07) is 0. The smallest absolute Gasteiger partial charge is 0.404 e. The zero-order valence-electron chi connectivity index (χ0n) is 11.6. The van der Waals surface area contributed by atoms with E-state index in [1.54, 1.807) is 0 Å². The maximum absolute atomic E-state index is 11.4. The van der Waals surface area contributed by atoms with Crippen LogP contribution in [0.5, 0.6) is 0 Å². The third-order valence-corrected chi connectivity index (χ3v) is 2.91. The molecule has 0 atom stereocenters. The lowest BCUT2D eigenvalue weighted by molar-refractivity contribution is -0.136. The Kier molecular flexibility index (Phi) is 6.93. The number of carboxylic acid groups (broad SMARTS) is 1. The Balaban J connectivity index is 1.99. The van der Waals surface area contributed by atoms with Gasteiger partial charge in [0.05, 0.1) is 0 Å². The highest BCUT2D eigenvalue weighted by Crippen LogP contribution is 2.07. The average Bonchev–Trinajstić information content (AvgIpc) is 2.74. The Labute approximate surface area is 122 Å². The summed E-state index contributed by atoms with van der Waals surface area (Å²) in [6.07, 6.45) is 3.77. The maximum atomic E-state index is 11.4. The molecule has 8 heteroatoms. The molecule has 1 aliphatic heterocycles. The summed E-state index contributed by atoms with van der Waals surface area (Å²) in [4.78, 5) is 45.3. The predicted molar refractivity (Wildman–Crippen MR) is 73.4 cm³/mol. The van der Waals surface area contributed by atoms with Gasteiger partial charge in [0.2, 0.25) is 5.91 Å². The van der Waals surface area contributed by atoms with E-state index in [0.717, 1.165) is 6.42 Å². The number of nitrogens with zero attached hydrogens (tertiary/aromatic N) is 1. The molecule has 8 nitrogen and oxygen atoms in total. The number of carbonyl (C=O) groups is 4. The summed E-state index contributed by atoms with van der Waals surface area (Å²) in [5.41, 5.74) is 0. The van der Waals surface area contributed by atoms with Gasteiger partial charge in [0.1, 0.15) is 0 Å². The number of imide groups is 1. The van der Waals surface area contributed by atoms with Crippen LogP contribution in [0.1, 0.15) is 25.7 Å². The monoisotopic (exact) mass is 297 g/mol. The summed E-state index contributed by atoms with van der Waals surface area (Å²) in [5.74, 6) is -0.718. The van der Waals surface area contributed by atoms with Crippen molar-refractivity contribution in [3.63, 3.8) is 0 Å². The minimum Gasteiger partial charge on any atom is -0.465 e. The molecule has 0 saturated carbocycles. The molecule has 0 aromatic heterocycles. The van der Waals surface area contributed by atoms with Gasteiger partial charge in [-0.3, -0.25) is 19.3 Å². The molecular formula is C13H19N3O5. The molecule has 0 aromatic carbocycles. The average molecular weight is 297 g/mol. The van der Waals surface area contributed by atoms with E-state index in [0.29, 0.717) is 25.8 Å². The number of nitrogens with one attached hydrogen (secondary N) is 2. The zero-order valence-corrected chi connectivity index (χ0v) is 11.6. The van der Waals surface area contributed by atoms with Crippen molar-refractivity contribution in [3.8, 4) is 0 Å². The van der Waals surface area contributed by atoms with Gasteiger partial charge in [-0.25, -0.2) is 4.79 Å². The van der Waals surface area contributed by atoms with E-state index in [1.807, 2.05) is 0 Å². The van der Waals surface area contributed by atoms with E-state index in [9.17, 15) is 19.2 Å². The van der Waals surface area contributed by atoms with Crippen LogP contribution in [0.2, 0.25) is 0 Å². The topological polar surface area (TPSA) is 116 Å². The van der Waals surface area contributed by atoms with Gasteiger partial charge < -0.3 is 15.7 Å². The minimum atomic E-state index is -1.12. The fourth-order valence-corrected chi connectivity index (χ4v) is 1.84. The zero-order chi connectivity index (χ0) is 15.7. The lowest BCUT2D eigenvalue weighted by atomic mass is 10.2. The van der Waals surface area contributed by atoms with E-state index in [2.05, 4.69) is 10.6 Å². The number of hydrogen-bond acceptors (Lipinski definition) is 4. The highest BCUT2D eigenvalue weighted by Gasteiger charge is 2.22. The number of carbonyl (C=O) groups excluding carboxylic acids is 3. The molecule has 0 fully saturated rings. The highest BCUT2D eigenvalue weighted by atomic mass is 16.4. The third-order valence-electron chi connectivity index (χ3n) is 2.91. The highest BCUT2D eigenvalue weighted by molar-refractivity contribution is 6.12. The van der Waals surface area contributed by atoms with Crippen LogP contribution in [0.4, 0.5) is 4.79 Å². The number of amides is 4. The molecule has 0 saturated heterocycles. The van der Waals surface area contributed by atoms with Crippen molar-refractivity contribution in [2.24, 2.45) is 0 Å². The van der Waals surface area contributed by atoms with Crippen LogP contribution in [-0.2, 0) is 14.4 Å². The summed E-state index contributed by atoms with van der Waals surface area (Å²) < 4.78 is 0. The number of rotatable bonds is 9. The van der Waals surface area contributed by atoms with Gasteiger partial charge >= 0.3 is 6.09 Å². The van der Waals surface area contributed by atoms with Crippen LogP contribution in [0.3, 0.4) is 0 Å². The first-order valence-electron chi connectivity index (χ1n) is 6.77. The lowest BCUT2D eigenvalue weighted by Crippen LogP contribution is -2.33. The Hall–Kier alpha value is -2.38. The molecule has 0 unspecified atom stereocenters. The van der Waals surface area contributed by atoms with Crippen LogP contribution in [0, 0.1) is 0 Å². The Morgan fingerprint density at radius 3 is 2.24 bits per heavy atom. The molecule has 0 spiro atoms. The molecule has 0 radical (unpaired) electrons. The number of unbranched alkanes of at least 4 members (excludes halogenated alkanes) is 2. The molecule has 1 rings (SSSR count). The second-order valence-electron chi connectivity index (χ2n) is 4.55. The van der Waals surface area contributed by atoms with Gasteiger partial charge in [-0.15, -0.1) is 0 Å². The molecule has 1 aliphatic rings. The quantitative estimate of drug-likeness (QED) is 0.404. The summed E-state index contributed by atoms with van der Waals surface area (Å²) in [5, 5.41) is 13.1. The predicted octanol–water partition coefficient (Wildman–Crippen LogP) is -0.144. The van der Waals surface area contributed by atoms with Crippen molar-refractivity contribution in [1.29, 1.82) is 0 Å². The molecule has 116 valence electrons. The van der Waals surface area contributed by atoms with Crippen LogP contribution in [0.25, 0.3) is 0 Å². The molecule has 4 amide bonds. The van der Waals surface area contributed by atoms with Gasteiger partial charge in [0.25, 0.3) is 11.8 Å². The van der Waals surface area contributed by atoms with Gasteiger partial charge in [-0.05, 0) is 12.8 Å². The summed E-state index contributed by atoms with van der Waals surface area (Å²) in [6.45, 7) is 0.801. The first-order valence-corrected chi connectivity index (χ1v) is 6.77. The fraction of sp³-hybridized carbons (Fsp3) is 0.538. The van der Waals surface area contributed by atoms with E-state index in [-0.39, 0.29) is 30.8 Å². The van der Waals surface area contributed by atoms with E-state index in [4.69, 9.17) is 5.11 Å². The van der Waals surface area contributed by atoms with Gasteiger partial charge in [-0.1, -0.05) is 6.42 Å². The van der Waals surface area contributed by atoms with E-state index < -0.39 is 6.09 Å². The second-order valence-corrected chi connectivity index (χ2v) is 4.55. The molecule has 1 heterocycles. The van der Waals surface area contributed by atoms with Gasteiger partial charge in [0, 0.05) is 38.2 Å². The molecular weight excluding hydrogens is 278 g/mol. The van der Waals surface area contributed by atoms with Crippen molar-refractivity contribution in [1.82, 2.24) is 15.5 Å². The van der Waals surface area contributed by atoms with Crippen molar-refractivity contribution in [3.05, 3.63) is 12.2 Å². The normalized spacial score (nSPS) is 13.6. The SMILES string of the molecule is O=C(O)NCCNC(=O)CCCCCN1C(=O)C=CC1=O. The fourth-order valence-electron chi connectivity index (χ4n) is 1.84. The molecule has 0 bridgehead atoms. The minimum absolute atomic E-state index is 0.141. The van der Waals surface area contributed by atoms with Crippen LogP contribution in [0.15, 0.2) is 12.2 Å². The Morgan fingerprint density at radius 1 is 1.00 bits per heavy atom. The van der Waals surface area contributed by atoms with E-state index in [1.165, 1.54) is 17.1 Å². The first-order chi connectivity index (χ1) is 10.0. The van der Waals surface area contributed by atoms with Crippen LogP contribution < -0.4 is 10.6 Å². The summed E-state index contributed by atoms with van der Waals surface area (Å²) >= 11 is 0. The van der Waals surface area contributed by atoms with E-state index >= 15 is 0 Å². The first kappa shape index (κ1) is 16.7. The second kappa shape index (κ2) is 8.72. The van der Waals surface area contributed by atoms with Gasteiger partial charge in [-0.2, -0.15) is 0 Å². The largest absolute Gasteiger partial charge is 0.465 e. The molecule has 0 aromatic rings. The van der Waals surface area contributed by atoms with Crippen molar-refractivity contribution in [2.75, 3.05) is 19.6 Å². The third kappa shape index (κ3) is 6.55. The lowest BCUT2D eigenvalue weighted by Gasteiger charge is -2.13. The van der Waals surface area contributed by atoms with Crippen LogP contribution >= 0.6 is 0 Å². The number of hydrogen-bond donors (Lipinski definition) is 3. The molecule has 0 aliphatic carbocycles. The van der Waals surface area contributed by atoms with Crippen molar-refractivity contribution >= 4 is 23.8 Å².